The standard InChI is InChI=1S/C31H32N2O5/c1-31(2,3)38-30(36)33(19-22-9-11-23(20-34)12-10-22)18-17-25-13-15-27(29-26(25)14-16-28(35)32-29)37-21-24-7-5-4-6-8-24/h4-16,20H,17-19,21H2,1-3H3,(H,32,35). The quantitative estimate of drug-likeness (QED) is 0.282. The van der Waals surface area contributed by atoms with Gasteiger partial charge < -0.3 is 19.4 Å². The van der Waals surface area contributed by atoms with Crippen LogP contribution in [0.3, 0.4) is 0 Å². The third-order valence-electron chi connectivity index (χ3n) is 5.98. The van der Waals surface area contributed by atoms with Gasteiger partial charge in [-0.05, 0) is 56.0 Å². The minimum atomic E-state index is -0.638. The zero-order valence-corrected chi connectivity index (χ0v) is 21.9. The van der Waals surface area contributed by atoms with Gasteiger partial charge in [0.1, 0.15) is 24.2 Å². The van der Waals surface area contributed by atoms with Gasteiger partial charge in [-0.2, -0.15) is 0 Å². The molecule has 1 aromatic heterocycles. The molecule has 1 heterocycles. The number of aromatic amines is 1. The van der Waals surface area contributed by atoms with E-state index >= 15 is 0 Å². The summed E-state index contributed by atoms with van der Waals surface area (Å²) in [4.78, 5) is 40.8. The summed E-state index contributed by atoms with van der Waals surface area (Å²) < 4.78 is 11.7. The van der Waals surface area contributed by atoms with Gasteiger partial charge >= 0.3 is 6.09 Å². The van der Waals surface area contributed by atoms with Gasteiger partial charge in [0.05, 0.1) is 5.52 Å². The number of aromatic nitrogens is 1. The Bertz CT molecular complexity index is 1450. The van der Waals surface area contributed by atoms with Crippen LogP contribution >= 0.6 is 0 Å². The van der Waals surface area contributed by atoms with Crippen molar-refractivity contribution in [1.82, 2.24) is 9.88 Å². The lowest BCUT2D eigenvalue weighted by Gasteiger charge is -2.28. The van der Waals surface area contributed by atoms with Crippen LogP contribution < -0.4 is 10.3 Å². The number of aldehydes is 1. The van der Waals surface area contributed by atoms with E-state index < -0.39 is 11.7 Å². The molecule has 3 aromatic carbocycles. The molecular weight excluding hydrogens is 480 g/mol. The minimum absolute atomic E-state index is 0.214. The summed E-state index contributed by atoms with van der Waals surface area (Å²) in [6.07, 6.45) is 0.906. The smallest absolute Gasteiger partial charge is 0.410 e. The minimum Gasteiger partial charge on any atom is -0.487 e. The van der Waals surface area contributed by atoms with Gasteiger partial charge in [0.25, 0.3) is 0 Å². The molecule has 196 valence electrons. The first-order valence-electron chi connectivity index (χ1n) is 12.6. The zero-order chi connectivity index (χ0) is 27.1. The van der Waals surface area contributed by atoms with Crippen LogP contribution in [0.15, 0.2) is 83.7 Å². The van der Waals surface area contributed by atoms with Gasteiger partial charge in [-0.15, -0.1) is 0 Å². The Morgan fingerprint density at radius 2 is 1.66 bits per heavy atom. The van der Waals surface area contributed by atoms with E-state index in [2.05, 4.69) is 4.98 Å². The number of benzene rings is 3. The fourth-order valence-corrected chi connectivity index (χ4v) is 4.10. The molecule has 1 amide bonds. The lowest BCUT2D eigenvalue weighted by Crippen LogP contribution is -2.37. The van der Waals surface area contributed by atoms with Crippen molar-refractivity contribution in [2.45, 2.75) is 45.9 Å². The molecule has 0 unspecified atom stereocenters. The molecule has 0 aliphatic carbocycles. The molecule has 0 atom stereocenters. The number of hydrogen-bond donors (Lipinski definition) is 1. The molecule has 4 rings (SSSR count). The summed E-state index contributed by atoms with van der Waals surface area (Å²) in [5.74, 6) is 0.588. The summed E-state index contributed by atoms with van der Waals surface area (Å²) in [6, 6.07) is 24.0. The predicted molar refractivity (Wildman–Crippen MR) is 148 cm³/mol. The van der Waals surface area contributed by atoms with E-state index in [1.807, 2.05) is 75.4 Å². The van der Waals surface area contributed by atoms with Crippen molar-refractivity contribution in [2.75, 3.05) is 6.54 Å². The lowest BCUT2D eigenvalue weighted by molar-refractivity contribution is 0.0236. The van der Waals surface area contributed by atoms with Gasteiger partial charge in [-0.25, -0.2) is 4.79 Å². The van der Waals surface area contributed by atoms with E-state index in [9.17, 15) is 14.4 Å². The number of hydrogen-bond acceptors (Lipinski definition) is 5. The van der Waals surface area contributed by atoms with E-state index in [0.717, 1.165) is 28.4 Å². The van der Waals surface area contributed by atoms with E-state index in [1.54, 1.807) is 23.1 Å². The summed E-state index contributed by atoms with van der Waals surface area (Å²) in [7, 11) is 0. The predicted octanol–water partition coefficient (Wildman–Crippen LogP) is 5.90. The Kier molecular flexibility index (Phi) is 8.26. The summed E-state index contributed by atoms with van der Waals surface area (Å²) >= 11 is 0. The van der Waals surface area contributed by atoms with Crippen LogP contribution in [-0.2, 0) is 24.3 Å². The van der Waals surface area contributed by atoms with Crippen LogP contribution in [-0.4, -0.2) is 34.4 Å². The topological polar surface area (TPSA) is 88.7 Å². The first-order valence-corrected chi connectivity index (χ1v) is 12.6. The van der Waals surface area contributed by atoms with Crippen molar-refractivity contribution in [3.05, 3.63) is 111 Å². The highest BCUT2D eigenvalue weighted by molar-refractivity contribution is 5.87. The average molecular weight is 513 g/mol. The van der Waals surface area contributed by atoms with Crippen LogP contribution in [0.5, 0.6) is 5.75 Å². The Labute approximate surface area is 222 Å². The Balaban J connectivity index is 1.57. The molecule has 0 radical (unpaired) electrons. The molecule has 4 aromatic rings. The van der Waals surface area contributed by atoms with E-state index in [1.165, 1.54) is 6.07 Å². The van der Waals surface area contributed by atoms with E-state index in [4.69, 9.17) is 9.47 Å². The van der Waals surface area contributed by atoms with Crippen molar-refractivity contribution in [2.24, 2.45) is 0 Å². The van der Waals surface area contributed by atoms with E-state index in [0.29, 0.717) is 42.9 Å². The third-order valence-corrected chi connectivity index (χ3v) is 5.98. The summed E-state index contributed by atoms with van der Waals surface area (Å²) in [5, 5.41) is 0.856. The number of nitrogens with zero attached hydrogens (tertiary/aromatic N) is 1. The van der Waals surface area contributed by atoms with Gasteiger partial charge in [-0.3, -0.25) is 9.59 Å². The highest BCUT2D eigenvalue weighted by Gasteiger charge is 2.23. The van der Waals surface area contributed by atoms with Gasteiger partial charge in [-0.1, -0.05) is 60.7 Å². The molecular formula is C31H32N2O5. The Hall–Kier alpha value is -4.39. The zero-order valence-electron chi connectivity index (χ0n) is 21.9. The number of carbonyl (C=O) groups is 2. The van der Waals surface area contributed by atoms with Crippen LogP contribution in [0.2, 0.25) is 0 Å². The highest BCUT2D eigenvalue weighted by atomic mass is 16.6. The molecule has 0 aliphatic heterocycles. The fraction of sp³-hybridized carbons (Fsp3) is 0.258. The second-order valence-corrected chi connectivity index (χ2v) is 10.1. The lowest BCUT2D eigenvalue weighted by atomic mass is 10.0. The molecule has 0 spiro atoms. The Morgan fingerprint density at radius 3 is 2.34 bits per heavy atom. The second kappa shape index (κ2) is 11.8. The van der Waals surface area contributed by atoms with Gasteiger partial charge in [0.15, 0.2) is 0 Å². The molecule has 0 saturated heterocycles. The highest BCUT2D eigenvalue weighted by Crippen LogP contribution is 2.27. The third kappa shape index (κ3) is 7.09. The fourth-order valence-electron chi connectivity index (χ4n) is 4.10. The number of carbonyl (C=O) groups excluding carboxylic acids is 2. The van der Waals surface area contributed by atoms with Crippen molar-refractivity contribution < 1.29 is 19.1 Å². The molecule has 0 aliphatic rings. The summed E-state index contributed by atoms with van der Waals surface area (Å²) in [5.41, 5.74) is 3.23. The van der Waals surface area contributed by atoms with Crippen LogP contribution in [0.25, 0.3) is 10.9 Å². The number of amides is 1. The molecule has 0 saturated carbocycles. The molecule has 0 fully saturated rings. The summed E-state index contributed by atoms with van der Waals surface area (Å²) in [6.45, 7) is 6.60. The average Bonchev–Trinajstić information content (AvgIpc) is 2.90. The number of ether oxygens (including phenoxy) is 2. The van der Waals surface area contributed by atoms with Crippen molar-refractivity contribution in [3.63, 3.8) is 0 Å². The van der Waals surface area contributed by atoms with Gasteiger partial charge in [0, 0.05) is 30.1 Å². The van der Waals surface area contributed by atoms with Crippen LogP contribution in [0, 0.1) is 0 Å². The SMILES string of the molecule is CC(C)(C)OC(=O)N(CCc1ccc(OCc2ccccc2)c2[nH]c(=O)ccc12)Cc1ccc(C=O)cc1. The normalized spacial score (nSPS) is 11.2. The van der Waals surface area contributed by atoms with Crippen LogP contribution in [0.4, 0.5) is 4.79 Å². The molecule has 7 nitrogen and oxygen atoms in total. The first-order chi connectivity index (χ1) is 18.2. The largest absolute Gasteiger partial charge is 0.487 e. The maximum absolute atomic E-state index is 13.1. The maximum atomic E-state index is 13.1. The first kappa shape index (κ1) is 26.7. The molecule has 1 N–H and O–H groups in total. The van der Waals surface area contributed by atoms with Crippen LogP contribution in [0.1, 0.15) is 47.8 Å². The number of nitrogens with one attached hydrogen (secondary N) is 1. The number of pyridine rings is 1. The molecule has 7 heteroatoms. The van der Waals surface area contributed by atoms with Gasteiger partial charge in [0.2, 0.25) is 5.56 Å². The van der Waals surface area contributed by atoms with Crippen molar-refractivity contribution in [3.8, 4) is 5.75 Å². The molecule has 0 bridgehead atoms. The Morgan fingerprint density at radius 1 is 0.921 bits per heavy atom. The number of rotatable bonds is 9. The maximum Gasteiger partial charge on any atom is 0.410 e. The van der Waals surface area contributed by atoms with E-state index in [-0.39, 0.29) is 5.56 Å². The van der Waals surface area contributed by atoms with Crippen molar-refractivity contribution in [1.29, 1.82) is 0 Å². The van der Waals surface area contributed by atoms with Crippen molar-refractivity contribution >= 4 is 23.3 Å². The second-order valence-electron chi connectivity index (χ2n) is 10.1. The number of H-pyrrole nitrogens is 1. The molecule has 38 heavy (non-hydrogen) atoms. The number of fused-ring (bicyclic) bond motifs is 1. The monoisotopic (exact) mass is 512 g/mol.